The third kappa shape index (κ3) is 4.88. The molecular weight excluding hydrogens is 377 g/mol. The van der Waals surface area contributed by atoms with Gasteiger partial charge in [-0.1, -0.05) is 13.3 Å². The fraction of sp³-hybridized carbons (Fsp3) is 0.429. The molecule has 2 rings (SSSR count). The van der Waals surface area contributed by atoms with E-state index in [0.717, 1.165) is 18.5 Å². The number of ether oxygens (including phenoxy) is 2. The fourth-order valence-corrected chi connectivity index (χ4v) is 4.92. The minimum absolute atomic E-state index is 0.298. The summed E-state index contributed by atoms with van der Waals surface area (Å²) in [6.45, 7) is 2.33. The minimum Gasteiger partial charge on any atom is -0.497 e. The fourth-order valence-electron chi connectivity index (χ4n) is 2.81. The Morgan fingerprint density at radius 1 is 1.07 bits per heavy atom. The number of aliphatic hydroxyl groups is 1. The molecule has 2 atom stereocenters. The molecule has 0 saturated heterocycles. The van der Waals surface area contributed by atoms with Gasteiger partial charge in [-0.15, -0.1) is 0 Å². The van der Waals surface area contributed by atoms with E-state index in [4.69, 9.17) is 14.0 Å². The Labute approximate surface area is 167 Å². The molecule has 0 bridgehead atoms. The molecule has 2 aromatic carbocycles. The zero-order chi connectivity index (χ0) is 20.7. The summed E-state index contributed by atoms with van der Waals surface area (Å²) >= 11 is 0. The third-order valence-corrected chi connectivity index (χ3v) is 7.05. The van der Waals surface area contributed by atoms with Crippen LogP contribution in [-0.2, 0) is 9.09 Å². The second kappa shape index (κ2) is 9.97. The Morgan fingerprint density at radius 3 is 2.29 bits per heavy atom. The van der Waals surface area contributed by atoms with Crippen molar-refractivity contribution in [3.8, 4) is 11.5 Å². The first-order valence-electron chi connectivity index (χ1n) is 9.29. The SMILES string of the molecule is CCCCO[P@@](=O)(c1ccc(N(C)C)cc1)[C@H](O)c1cc(OC)ccc1OC. The molecule has 1 N–H and O–H groups in total. The summed E-state index contributed by atoms with van der Waals surface area (Å²) in [5.41, 5.74) is 1.34. The van der Waals surface area contributed by atoms with Crippen LogP contribution in [0, 0.1) is 0 Å². The van der Waals surface area contributed by atoms with E-state index in [1.807, 2.05) is 38.1 Å². The van der Waals surface area contributed by atoms with Crippen molar-refractivity contribution < 1.29 is 23.7 Å². The van der Waals surface area contributed by atoms with Gasteiger partial charge in [-0.05, 0) is 48.9 Å². The van der Waals surface area contributed by atoms with Gasteiger partial charge in [0.25, 0.3) is 7.37 Å². The molecule has 0 heterocycles. The lowest BCUT2D eigenvalue weighted by Crippen LogP contribution is -2.17. The van der Waals surface area contributed by atoms with Crippen LogP contribution >= 0.6 is 7.37 Å². The molecule has 0 aliphatic rings. The maximum absolute atomic E-state index is 14.0. The molecular formula is C21H30NO5P. The average molecular weight is 407 g/mol. The molecule has 0 fully saturated rings. The second-order valence-corrected chi connectivity index (χ2v) is 9.13. The van der Waals surface area contributed by atoms with E-state index in [1.165, 1.54) is 14.2 Å². The van der Waals surface area contributed by atoms with Crippen LogP contribution in [0.2, 0.25) is 0 Å². The van der Waals surface area contributed by atoms with Crippen molar-refractivity contribution in [2.24, 2.45) is 0 Å². The van der Waals surface area contributed by atoms with E-state index in [9.17, 15) is 9.67 Å². The van der Waals surface area contributed by atoms with Crippen LogP contribution in [0.4, 0.5) is 5.69 Å². The number of benzene rings is 2. The summed E-state index contributed by atoms with van der Waals surface area (Å²) in [4.78, 5) is 1.95. The Balaban J connectivity index is 2.51. The van der Waals surface area contributed by atoms with E-state index < -0.39 is 13.2 Å². The number of nitrogens with zero attached hydrogens (tertiary/aromatic N) is 1. The molecule has 0 saturated carbocycles. The zero-order valence-corrected chi connectivity index (χ0v) is 18.1. The molecule has 0 radical (unpaired) electrons. The summed E-state index contributed by atoms with van der Waals surface area (Å²) in [5, 5.41) is 11.6. The van der Waals surface area contributed by atoms with Crippen molar-refractivity contribution in [1.82, 2.24) is 0 Å². The molecule has 154 valence electrons. The number of hydrogen-bond acceptors (Lipinski definition) is 6. The molecule has 0 aliphatic heterocycles. The maximum Gasteiger partial charge on any atom is 0.264 e. The molecule has 0 aliphatic carbocycles. The Kier molecular flexibility index (Phi) is 7.93. The van der Waals surface area contributed by atoms with Crippen molar-refractivity contribution >= 4 is 18.4 Å². The average Bonchev–Trinajstić information content (AvgIpc) is 2.72. The zero-order valence-electron chi connectivity index (χ0n) is 17.2. The topological polar surface area (TPSA) is 68.2 Å². The van der Waals surface area contributed by atoms with Gasteiger partial charge in [0.2, 0.25) is 0 Å². The van der Waals surface area contributed by atoms with E-state index in [0.29, 0.717) is 29.0 Å². The highest BCUT2D eigenvalue weighted by Crippen LogP contribution is 2.59. The quantitative estimate of drug-likeness (QED) is 0.471. The lowest BCUT2D eigenvalue weighted by Gasteiger charge is -2.26. The van der Waals surface area contributed by atoms with Gasteiger partial charge >= 0.3 is 0 Å². The first-order valence-corrected chi connectivity index (χ1v) is 11.0. The van der Waals surface area contributed by atoms with Crippen LogP contribution in [-0.4, -0.2) is 40.0 Å². The van der Waals surface area contributed by atoms with Crippen molar-refractivity contribution in [3.05, 3.63) is 48.0 Å². The first kappa shape index (κ1) is 22.3. The van der Waals surface area contributed by atoms with E-state index in [2.05, 4.69) is 0 Å². The largest absolute Gasteiger partial charge is 0.497 e. The number of anilines is 1. The third-order valence-electron chi connectivity index (χ3n) is 4.54. The predicted octanol–water partition coefficient (Wildman–Crippen LogP) is 4.18. The van der Waals surface area contributed by atoms with Gasteiger partial charge in [0.15, 0.2) is 5.85 Å². The smallest absolute Gasteiger partial charge is 0.264 e. The van der Waals surface area contributed by atoms with E-state index >= 15 is 0 Å². The van der Waals surface area contributed by atoms with Gasteiger partial charge in [0, 0.05) is 30.7 Å². The number of unbranched alkanes of at least 4 members (excludes halogenated alkanes) is 1. The molecule has 28 heavy (non-hydrogen) atoms. The number of hydrogen-bond donors (Lipinski definition) is 1. The lowest BCUT2D eigenvalue weighted by molar-refractivity contribution is 0.208. The summed E-state index contributed by atoms with van der Waals surface area (Å²) < 4.78 is 30.4. The molecule has 7 heteroatoms. The summed E-state index contributed by atoms with van der Waals surface area (Å²) in [6, 6.07) is 12.3. The van der Waals surface area contributed by atoms with Crippen LogP contribution in [0.15, 0.2) is 42.5 Å². The highest BCUT2D eigenvalue weighted by molar-refractivity contribution is 7.67. The highest BCUT2D eigenvalue weighted by Gasteiger charge is 2.38. The van der Waals surface area contributed by atoms with Gasteiger partial charge in [0.05, 0.1) is 20.8 Å². The first-order chi connectivity index (χ1) is 13.4. The highest BCUT2D eigenvalue weighted by atomic mass is 31.2. The Bertz CT molecular complexity index is 807. The van der Waals surface area contributed by atoms with E-state index in [-0.39, 0.29) is 0 Å². The van der Waals surface area contributed by atoms with Crippen LogP contribution < -0.4 is 19.7 Å². The molecule has 0 aromatic heterocycles. The maximum atomic E-state index is 14.0. The Hall–Kier alpha value is -2.01. The molecule has 2 aromatic rings. The number of methoxy groups -OCH3 is 2. The number of rotatable bonds is 10. The standard InChI is InChI=1S/C21H30NO5P/c1-6-7-14-27-28(24,18-11-8-16(9-12-18)22(2)3)21(23)19-15-17(25-4)10-13-20(19)26-5/h8-13,15,21,23H,6-7,14H2,1-5H3/t21-,28-/m0/s1. The summed E-state index contributed by atoms with van der Waals surface area (Å²) in [6.07, 6.45) is 1.65. The second-order valence-electron chi connectivity index (χ2n) is 6.68. The van der Waals surface area contributed by atoms with Crippen molar-refractivity contribution in [2.75, 3.05) is 39.8 Å². The predicted molar refractivity (Wildman–Crippen MR) is 113 cm³/mol. The summed E-state index contributed by atoms with van der Waals surface area (Å²) in [7, 11) is 3.28. The number of aliphatic hydroxyl groups excluding tert-OH is 1. The molecule has 0 unspecified atom stereocenters. The van der Waals surface area contributed by atoms with Gasteiger partial charge < -0.3 is 24.0 Å². The Morgan fingerprint density at radius 2 is 1.75 bits per heavy atom. The van der Waals surface area contributed by atoms with Crippen LogP contribution in [0.5, 0.6) is 11.5 Å². The summed E-state index contributed by atoms with van der Waals surface area (Å²) in [5.74, 6) is -0.407. The lowest BCUT2D eigenvalue weighted by atomic mass is 10.2. The molecule has 0 amide bonds. The van der Waals surface area contributed by atoms with Gasteiger partial charge in [-0.25, -0.2) is 0 Å². The van der Waals surface area contributed by atoms with Gasteiger partial charge in [-0.3, -0.25) is 4.57 Å². The normalized spacial score (nSPS) is 14.2. The van der Waals surface area contributed by atoms with Crippen molar-refractivity contribution in [1.29, 1.82) is 0 Å². The van der Waals surface area contributed by atoms with Crippen molar-refractivity contribution in [2.45, 2.75) is 25.6 Å². The van der Waals surface area contributed by atoms with Gasteiger partial charge in [-0.2, -0.15) is 0 Å². The minimum atomic E-state index is -3.63. The van der Waals surface area contributed by atoms with Crippen LogP contribution in [0.3, 0.4) is 0 Å². The van der Waals surface area contributed by atoms with Crippen LogP contribution in [0.25, 0.3) is 0 Å². The van der Waals surface area contributed by atoms with Crippen LogP contribution in [0.1, 0.15) is 31.2 Å². The van der Waals surface area contributed by atoms with E-state index in [1.54, 1.807) is 30.3 Å². The van der Waals surface area contributed by atoms with Crippen molar-refractivity contribution in [3.63, 3.8) is 0 Å². The molecule has 0 spiro atoms. The monoisotopic (exact) mass is 407 g/mol. The van der Waals surface area contributed by atoms with Gasteiger partial charge in [0.1, 0.15) is 11.5 Å². The molecule has 6 nitrogen and oxygen atoms in total.